The van der Waals surface area contributed by atoms with E-state index in [9.17, 15) is 10.1 Å². The SMILES string of the molecule is CN1CCC(NC(=O)c2ccc(-c3cc(NCCCN4CCCCC4)c4cnccc4n3)c(C#N)c2)CC1. The van der Waals surface area contributed by atoms with Crippen LogP contribution >= 0.6 is 0 Å². The number of aromatic nitrogens is 2. The monoisotopic (exact) mass is 511 g/mol. The summed E-state index contributed by atoms with van der Waals surface area (Å²) in [6, 6.07) is 11.7. The van der Waals surface area contributed by atoms with E-state index in [0.29, 0.717) is 16.8 Å². The molecule has 8 heteroatoms. The Hall–Kier alpha value is -3.54. The highest BCUT2D eigenvalue weighted by Crippen LogP contribution is 2.30. The molecule has 4 heterocycles. The molecule has 0 saturated carbocycles. The molecule has 38 heavy (non-hydrogen) atoms. The Morgan fingerprint density at radius 3 is 2.71 bits per heavy atom. The van der Waals surface area contributed by atoms with Gasteiger partial charge in [-0.25, -0.2) is 4.98 Å². The second-order valence-electron chi connectivity index (χ2n) is 10.6. The van der Waals surface area contributed by atoms with Crippen molar-refractivity contribution >= 4 is 22.5 Å². The number of pyridine rings is 2. The summed E-state index contributed by atoms with van der Waals surface area (Å²) >= 11 is 0. The highest BCUT2D eigenvalue weighted by atomic mass is 16.1. The van der Waals surface area contributed by atoms with E-state index in [1.807, 2.05) is 24.4 Å². The fraction of sp³-hybridized carbons (Fsp3) is 0.467. The van der Waals surface area contributed by atoms with Crippen molar-refractivity contribution < 1.29 is 4.79 Å². The van der Waals surface area contributed by atoms with E-state index in [4.69, 9.17) is 4.98 Å². The first-order valence-electron chi connectivity index (χ1n) is 13.9. The summed E-state index contributed by atoms with van der Waals surface area (Å²) in [4.78, 5) is 26.9. The van der Waals surface area contributed by atoms with Gasteiger partial charge in [0.05, 0.1) is 22.8 Å². The number of hydrogen-bond acceptors (Lipinski definition) is 7. The highest BCUT2D eigenvalue weighted by molar-refractivity contribution is 5.97. The molecule has 0 atom stereocenters. The zero-order chi connectivity index (χ0) is 26.3. The molecule has 2 aromatic heterocycles. The summed E-state index contributed by atoms with van der Waals surface area (Å²) in [5.41, 5.74) is 4.16. The molecule has 2 saturated heterocycles. The van der Waals surface area contributed by atoms with Crippen molar-refractivity contribution in [1.29, 1.82) is 5.26 Å². The lowest BCUT2D eigenvalue weighted by Crippen LogP contribution is -2.43. The molecule has 0 radical (unpaired) electrons. The number of anilines is 1. The Morgan fingerprint density at radius 2 is 1.92 bits per heavy atom. The standard InChI is InChI=1S/C30H37N7O/c1-36-16-9-24(10-17-36)34-30(38)22-6-7-25(23(18-22)20-31)29-19-28(26-21-32-12-8-27(26)35-29)33-11-5-15-37-13-3-2-4-14-37/h6-8,12,18-19,21,24H,2-5,9-11,13-17H2,1H3,(H,33,35)(H,34,38). The van der Waals surface area contributed by atoms with E-state index in [2.05, 4.69) is 38.5 Å². The number of nitriles is 1. The van der Waals surface area contributed by atoms with E-state index < -0.39 is 0 Å². The zero-order valence-corrected chi connectivity index (χ0v) is 22.2. The Balaban J connectivity index is 1.33. The average molecular weight is 512 g/mol. The molecule has 0 aliphatic carbocycles. The molecule has 5 rings (SSSR count). The van der Waals surface area contributed by atoms with Crippen LogP contribution < -0.4 is 10.6 Å². The number of piperidine rings is 2. The smallest absolute Gasteiger partial charge is 0.251 e. The fourth-order valence-corrected chi connectivity index (χ4v) is 5.48. The van der Waals surface area contributed by atoms with Crippen LogP contribution in [0.2, 0.25) is 0 Å². The average Bonchev–Trinajstić information content (AvgIpc) is 2.96. The van der Waals surface area contributed by atoms with E-state index in [1.54, 1.807) is 18.3 Å². The molecule has 2 fully saturated rings. The fourth-order valence-electron chi connectivity index (χ4n) is 5.48. The van der Waals surface area contributed by atoms with Crippen molar-refractivity contribution in [2.45, 2.75) is 44.6 Å². The summed E-state index contributed by atoms with van der Waals surface area (Å²) in [6.45, 7) is 6.31. The molecule has 1 aromatic carbocycles. The van der Waals surface area contributed by atoms with Gasteiger partial charge < -0.3 is 20.4 Å². The van der Waals surface area contributed by atoms with Crippen LogP contribution in [0.25, 0.3) is 22.2 Å². The molecular formula is C30H37N7O. The molecule has 3 aromatic rings. The summed E-state index contributed by atoms with van der Waals surface area (Å²) in [5, 5.41) is 17.7. The van der Waals surface area contributed by atoms with Gasteiger partial charge in [-0.1, -0.05) is 12.5 Å². The molecule has 2 aliphatic rings. The maximum absolute atomic E-state index is 12.9. The molecule has 198 valence electrons. The van der Waals surface area contributed by atoms with Gasteiger partial charge in [-0.2, -0.15) is 5.26 Å². The number of carbonyl (C=O) groups excluding carboxylic acids is 1. The molecule has 2 N–H and O–H groups in total. The second-order valence-corrected chi connectivity index (χ2v) is 10.6. The van der Waals surface area contributed by atoms with Crippen LogP contribution in [-0.2, 0) is 0 Å². The number of benzene rings is 1. The summed E-state index contributed by atoms with van der Waals surface area (Å²) in [5.74, 6) is -0.129. The number of fused-ring (bicyclic) bond motifs is 1. The lowest BCUT2D eigenvalue weighted by Gasteiger charge is -2.29. The van der Waals surface area contributed by atoms with Gasteiger partial charge in [-0.15, -0.1) is 0 Å². The largest absolute Gasteiger partial charge is 0.384 e. The number of hydrogen-bond donors (Lipinski definition) is 2. The molecule has 0 spiro atoms. The highest BCUT2D eigenvalue weighted by Gasteiger charge is 2.20. The van der Waals surface area contributed by atoms with Crippen molar-refractivity contribution in [3.05, 3.63) is 53.9 Å². The van der Waals surface area contributed by atoms with Gasteiger partial charge in [0.25, 0.3) is 5.91 Å². The van der Waals surface area contributed by atoms with Gasteiger partial charge >= 0.3 is 0 Å². The quantitative estimate of drug-likeness (QED) is 0.436. The summed E-state index contributed by atoms with van der Waals surface area (Å²) < 4.78 is 0. The van der Waals surface area contributed by atoms with E-state index in [-0.39, 0.29) is 11.9 Å². The van der Waals surface area contributed by atoms with Gasteiger partial charge in [-0.05, 0) is 96.1 Å². The Kier molecular flexibility index (Phi) is 8.47. The number of rotatable bonds is 8. The molecule has 8 nitrogen and oxygen atoms in total. The van der Waals surface area contributed by atoms with Gasteiger partial charge in [0, 0.05) is 47.2 Å². The van der Waals surface area contributed by atoms with Crippen LogP contribution in [0.1, 0.15) is 54.4 Å². The predicted octanol–water partition coefficient (Wildman–Crippen LogP) is 4.28. The topological polar surface area (TPSA) is 97.2 Å². The normalized spacial score (nSPS) is 17.3. The first kappa shape index (κ1) is 26.1. The molecule has 2 aliphatic heterocycles. The van der Waals surface area contributed by atoms with Crippen molar-refractivity contribution in [3.8, 4) is 17.3 Å². The Bertz CT molecular complexity index is 1300. The lowest BCUT2D eigenvalue weighted by atomic mass is 9.99. The van der Waals surface area contributed by atoms with Crippen molar-refractivity contribution in [1.82, 2.24) is 25.1 Å². The van der Waals surface area contributed by atoms with Crippen LogP contribution in [0.15, 0.2) is 42.7 Å². The minimum Gasteiger partial charge on any atom is -0.384 e. The first-order chi connectivity index (χ1) is 18.6. The Labute approximate surface area is 225 Å². The van der Waals surface area contributed by atoms with Crippen LogP contribution in [-0.4, -0.2) is 78.0 Å². The van der Waals surface area contributed by atoms with Crippen LogP contribution in [0.5, 0.6) is 0 Å². The second kappa shape index (κ2) is 12.3. The molecule has 1 amide bonds. The van der Waals surface area contributed by atoms with Crippen molar-refractivity contribution in [2.75, 3.05) is 51.6 Å². The third kappa shape index (κ3) is 6.29. The number of carbonyl (C=O) groups is 1. The van der Waals surface area contributed by atoms with Gasteiger partial charge in [0.2, 0.25) is 0 Å². The number of nitrogens with one attached hydrogen (secondary N) is 2. The number of amides is 1. The van der Waals surface area contributed by atoms with Crippen LogP contribution in [0, 0.1) is 11.3 Å². The first-order valence-corrected chi connectivity index (χ1v) is 13.9. The minimum atomic E-state index is -0.129. The molecular weight excluding hydrogens is 474 g/mol. The Morgan fingerprint density at radius 1 is 1.11 bits per heavy atom. The van der Waals surface area contributed by atoms with Gasteiger partial charge in [0.1, 0.15) is 0 Å². The van der Waals surface area contributed by atoms with Crippen LogP contribution in [0.3, 0.4) is 0 Å². The lowest BCUT2D eigenvalue weighted by molar-refractivity contribution is 0.0917. The van der Waals surface area contributed by atoms with E-state index >= 15 is 0 Å². The number of likely N-dealkylation sites (tertiary alicyclic amines) is 2. The maximum atomic E-state index is 12.9. The van der Waals surface area contributed by atoms with Gasteiger partial charge in [-0.3, -0.25) is 9.78 Å². The third-order valence-electron chi connectivity index (χ3n) is 7.76. The van der Waals surface area contributed by atoms with Gasteiger partial charge in [0.15, 0.2) is 0 Å². The van der Waals surface area contributed by atoms with Crippen molar-refractivity contribution in [2.24, 2.45) is 0 Å². The summed E-state index contributed by atoms with van der Waals surface area (Å²) in [7, 11) is 2.10. The molecule has 0 bridgehead atoms. The van der Waals surface area contributed by atoms with E-state index in [1.165, 1.54) is 32.4 Å². The maximum Gasteiger partial charge on any atom is 0.251 e. The molecule has 0 unspecified atom stereocenters. The van der Waals surface area contributed by atoms with Crippen LogP contribution in [0.4, 0.5) is 5.69 Å². The predicted molar refractivity (Wildman–Crippen MR) is 151 cm³/mol. The number of nitrogens with zero attached hydrogens (tertiary/aromatic N) is 5. The zero-order valence-electron chi connectivity index (χ0n) is 22.2. The van der Waals surface area contributed by atoms with E-state index in [0.717, 1.165) is 67.6 Å². The third-order valence-corrected chi connectivity index (χ3v) is 7.76. The minimum absolute atomic E-state index is 0.129. The van der Waals surface area contributed by atoms with Crippen molar-refractivity contribution in [3.63, 3.8) is 0 Å². The summed E-state index contributed by atoms with van der Waals surface area (Å²) in [6.07, 6.45) is 10.5.